The Hall–Kier alpha value is 0.0900. The summed E-state index contributed by atoms with van der Waals surface area (Å²) in [6, 6.07) is -0.534. The van der Waals surface area contributed by atoms with Gasteiger partial charge in [-0.1, -0.05) is 0 Å². The molecular weight excluding hydrogens is 187 g/mol. The second-order valence-electron chi connectivity index (χ2n) is 2.75. The second kappa shape index (κ2) is 4.96. The number of aliphatic hydroxyl groups is 4. The minimum atomic E-state index is -1.16. The topological polar surface area (TPSA) is 93.0 Å². The SMILES string of the molecule is Cl.OC[C@H]1[15NH]C[C@H](O)[C@@H](O)[C@H]1O. The van der Waals surface area contributed by atoms with Crippen LogP contribution in [-0.4, -0.2) is 57.9 Å². The quantitative estimate of drug-likeness (QED) is 0.301. The van der Waals surface area contributed by atoms with Gasteiger partial charge in [-0.3, -0.25) is 0 Å². The van der Waals surface area contributed by atoms with E-state index in [0.29, 0.717) is 0 Å². The smallest absolute Gasteiger partial charge is 0.109 e. The van der Waals surface area contributed by atoms with E-state index in [1.807, 2.05) is 0 Å². The molecule has 5 nitrogen and oxygen atoms in total. The van der Waals surface area contributed by atoms with Crippen molar-refractivity contribution < 1.29 is 20.4 Å². The van der Waals surface area contributed by atoms with Crippen LogP contribution in [-0.2, 0) is 0 Å². The largest absolute Gasteiger partial charge is 0.395 e. The zero-order chi connectivity index (χ0) is 8.43. The molecule has 0 aromatic rings. The third kappa shape index (κ3) is 2.29. The molecule has 1 rings (SSSR count). The zero-order valence-electron chi connectivity index (χ0n) is 6.42. The molecule has 1 saturated heterocycles. The summed E-state index contributed by atoms with van der Waals surface area (Å²) in [6.07, 6.45) is -3.20. The average Bonchev–Trinajstić information content (AvgIpc) is 2.01. The molecular formula is C6H14ClNO4. The van der Waals surface area contributed by atoms with Gasteiger partial charge in [0.15, 0.2) is 0 Å². The van der Waals surface area contributed by atoms with E-state index >= 15 is 0 Å². The first-order valence-electron chi connectivity index (χ1n) is 3.55. The van der Waals surface area contributed by atoms with Crippen LogP contribution in [0.5, 0.6) is 0 Å². The van der Waals surface area contributed by atoms with E-state index in [1.165, 1.54) is 0 Å². The average molecular weight is 201 g/mol. The molecule has 0 amide bonds. The molecule has 1 aliphatic rings. The first-order valence-corrected chi connectivity index (χ1v) is 3.55. The lowest BCUT2D eigenvalue weighted by Gasteiger charge is -2.34. The van der Waals surface area contributed by atoms with Gasteiger partial charge in [0.2, 0.25) is 0 Å². The number of β-amino-alcohol motifs (C(OH)–C–C–N with tert-alkyl or cyclic N) is 1. The maximum absolute atomic E-state index is 9.18. The molecule has 1 heterocycles. The summed E-state index contributed by atoms with van der Waals surface area (Å²) in [4.78, 5) is 0. The normalized spacial score (nSPS) is 42.0. The summed E-state index contributed by atoms with van der Waals surface area (Å²) in [7, 11) is 0. The van der Waals surface area contributed by atoms with Crippen molar-refractivity contribution in [2.24, 2.45) is 0 Å². The van der Waals surface area contributed by atoms with Crippen LogP contribution in [0.25, 0.3) is 0 Å². The minimum Gasteiger partial charge on any atom is -0.395 e. The first kappa shape index (κ1) is 12.1. The van der Waals surface area contributed by atoms with Gasteiger partial charge in [-0.25, -0.2) is 0 Å². The van der Waals surface area contributed by atoms with Gasteiger partial charge in [0.25, 0.3) is 0 Å². The summed E-state index contributed by atoms with van der Waals surface area (Å²) in [6.45, 7) is -0.0472. The van der Waals surface area contributed by atoms with Gasteiger partial charge in [0.1, 0.15) is 6.10 Å². The van der Waals surface area contributed by atoms with Crippen LogP contribution in [0.4, 0.5) is 0 Å². The zero-order valence-corrected chi connectivity index (χ0v) is 7.24. The van der Waals surface area contributed by atoms with Crippen molar-refractivity contribution in [3.8, 4) is 0 Å². The predicted molar refractivity (Wildman–Crippen MR) is 44.1 cm³/mol. The van der Waals surface area contributed by atoms with E-state index in [4.69, 9.17) is 15.3 Å². The van der Waals surface area contributed by atoms with Crippen LogP contribution in [0, 0.1) is 0 Å². The van der Waals surface area contributed by atoms with E-state index in [0.717, 1.165) is 0 Å². The molecule has 0 unspecified atom stereocenters. The molecule has 12 heavy (non-hydrogen) atoms. The Bertz CT molecular complexity index is 135. The Labute approximate surface area is 76.4 Å². The van der Waals surface area contributed by atoms with Gasteiger partial charge >= 0.3 is 0 Å². The Morgan fingerprint density at radius 3 is 2.25 bits per heavy atom. The van der Waals surface area contributed by atoms with Gasteiger partial charge in [0, 0.05) is 6.54 Å². The summed E-state index contributed by atoms with van der Waals surface area (Å²) >= 11 is 0. The molecule has 0 aromatic heterocycles. The third-order valence-corrected chi connectivity index (χ3v) is 1.94. The summed E-state index contributed by atoms with van der Waals surface area (Å²) in [5.74, 6) is 0. The highest BCUT2D eigenvalue weighted by molar-refractivity contribution is 5.85. The number of piperidine rings is 1. The third-order valence-electron chi connectivity index (χ3n) is 1.94. The summed E-state index contributed by atoms with van der Waals surface area (Å²) in [5.41, 5.74) is 0. The molecule has 0 bridgehead atoms. The van der Waals surface area contributed by atoms with Gasteiger partial charge in [0.05, 0.1) is 24.9 Å². The molecule has 0 aromatic carbocycles. The summed E-state index contributed by atoms with van der Waals surface area (Å²) in [5, 5.41) is 38.6. The molecule has 1 fully saturated rings. The Balaban J connectivity index is 0.00000121. The molecule has 74 valence electrons. The van der Waals surface area contributed by atoms with E-state index < -0.39 is 24.4 Å². The molecule has 0 radical (unpaired) electrons. The number of halogens is 1. The van der Waals surface area contributed by atoms with Crippen molar-refractivity contribution in [1.82, 2.24) is 5.32 Å². The van der Waals surface area contributed by atoms with Crippen molar-refractivity contribution in [2.75, 3.05) is 13.2 Å². The Morgan fingerprint density at radius 1 is 1.17 bits per heavy atom. The molecule has 0 aliphatic carbocycles. The molecule has 0 saturated carbocycles. The number of hydrogen-bond acceptors (Lipinski definition) is 5. The van der Waals surface area contributed by atoms with E-state index in [-0.39, 0.29) is 25.6 Å². The molecule has 6 heteroatoms. The monoisotopic (exact) mass is 200 g/mol. The van der Waals surface area contributed by atoms with Crippen molar-refractivity contribution >= 4 is 12.4 Å². The van der Waals surface area contributed by atoms with E-state index in [9.17, 15) is 5.11 Å². The molecule has 4 atom stereocenters. The number of rotatable bonds is 1. The van der Waals surface area contributed by atoms with Crippen molar-refractivity contribution in [3.63, 3.8) is 0 Å². The lowest BCUT2D eigenvalue weighted by Crippen LogP contribution is -2.60. The lowest BCUT2D eigenvalue weighted by molar-refractivity contribution is -0.101. The van der Waals surface area contributed by atoms with Gasteiger partial charge in [-0.15, -0.1) is 12.4 Å². The number of aliphatic hydroxyl groups excluding tert-OH is 4. The molecule has 0 spiro atoms. The maximum Gasteiger partial charge on any atom is 0.109 e. The standard InChI is InChI=1S/C6H13NO4.ClH/c8-2-3-5(10)6(11)4(9)1-7-3;/h3-11H,1-2H2;1H/t3-,4+,5+,6-;/m1./s1/i7+1;. The molecule has 1 aliphatic heterocycles. The van der Waals surface area contributed by atoms with Crippen molar-refractivity contribution in [2.45, 2.75) is 24.4 Å². The van der Waals surface area contributed by atoms with Gasteiger partial charge in [-0.05, 0) is 0 Å². The van der Waals surface area contributed by atoms with Crippen molar-refractivity contribution in [3.05, 3.63) is 0 Å². The molecule has 5 N–H and O–H groups in total. The highest BCUT2D eigenvalue weighted by atomic mass is 35.5. The second-order valence-corrected chi connectivity index (χ2v) is 2.75. The minimum absolute atomic E-state index is 0. The highest BCUT2D eigenvalue weighted by Crippen LogP contribution is 2.09. The number of hydrogen-bond donors (Lipinski definition) is 5. The fourth-order valence-electron chi connectivity index (χ4n) is 1.15. The van der Waals surface area contributed by atoms with Crippen LogP contribution in [0.1, 0.15) is 0 Å². The summed E-state index contributed by atoms with van der Waals surface area (Å²) < 4.78 is 0. The van der Waals surface area contributed by atoms with Gasteiger partial charge < -0.3 is 25.7 Å². The first-order chi connectivity index (χ1) is 5.16. The fourth-order valence-corrected chi connectivity index (χ4v) is 1.15. The fraction of sp³-hybridized carbons (Fsp3) is 1.00. The highest BCUT2D eigenvalue weighted by Gasteiger charge is 2.35. The van der Waals surface area contributed by atoms with Crippen LogP contribution >= 0.6 is 12.4 Å². The van der Waals surface area contributed by atoms with Crippen molar-refractivity contribution in [1.29, 1.82) is 0 Å². The van der Waals surface area contributed by atoms with Crippen LogP contribution in [0.3, 0.4) is 0 Å². The Kier molecular flexibility index (Phi) is 5.00. The van der Waals surface area contributed by atoms with Gasteiger partial charge in [-0.2, -0.15) is 0 Å². The maximum atomic E-state index is 9.18. The van der Waals surface area contributed by atoms with E-state index in [2.05, 4.69) is 5.32 Å². The van der Waals surface area contributed by atoms with E-state index in [1.54, 1.807) is 0 Å². The lowest BCUT2D eigenvalue weighted by atomic mass is 9.99. The van der Waals surface area contributed by atoms with Crippen LogP contribution in [0.2, 0.25) is 0 Å². The van der Waals surface area contributed by atoms with Crippen LogP contribution in [0.15, 0.2) is 0 Å². The number of nitrogens with one attached hydrogen (secondary N) is 1. The predicted octanol–water partition coefficient (Wildman–Crippen LogP) is -2.54. The Morgan fingerprint density at radius 2 is 1.75 bits per heavy atom. The van der Waals surface area contributed by atoms with Crippen LogP contribution < -0.4 is 5.32 Å².